The van der Waals surface area contributed by atoms with E-state index in [2.05, 4.69) is 27.8 Å². The van der Waals surface area contributed by atoms with Gasteiger partial charge in [0.1, 0.15) is 5.82 Å². The predicted octanol–water partition coefficient (Wildman–Crippen LogP) is 2.81. The molecule has 0 aromatic heterocycles. The van der Waals surface area contributed by atoms with Crippen LogP contribution in [0.15, 0.2) is 22.7 Å². The van der Waals surface area contributed by atoms with E-state index in [0.717, 1.165) is 36.3 Å². The van der Waals surface area contributed by atoms with Gasteiger partial charge in [-0.15, -0.1) is 0 Å². The molecule has 1 aromatic carbocycles. The lowest BCUT2D eigenvalue weighted by Gasteiger charge is -2.31. The van der Waals surface area contributed by atoms with E-state index in [4.69, 9.17) is 4.74 Å². The highest BCUT2D eigenvalue weighted by Gasteiger charge is 2.16. The first-order valence-corrected chi connectivity index (χ1v) is 6.22. The number of ether oxygens (including phenoxy) is 1. The van der Waals surface area contributed by atoms with Crippen LogP contribution in [0.4, 0.5) is 4.39 Å². The second-order valence-corrected chi connectivity index (χ2v) is 5.11. The van der Waals surface area contributed by atoms with E-state index < -0.39 is 0 Å². The summed E-state index contributed by atoms with van der Waals surface area (Å²) in [5, 5.41) is 0. The highest BCUT2D eigenvalue weighted by molar-refractivity contribution is 9.10. The highest BCUT2D eigenvalue weighted by atomic mass is 79.9. The summed E-state index contributed by atoms with van der Waals surface area (Å²) in [6.45, 7) is 5.43. The lowest BCUT2D eigenvalue weighted by Crippen LogP contribution is -2.40. The summed E-state index contributed by atoms with van der Waals surface area (Å²) in [4.78, 5) is 2.29. The molecule has 1 aromatic rings. The average molecular weight is 288 g/mol. The van der Waals surface area contributed by atoms with Gasteiger partial charge in [-0.2, -0.15) is 0 Å². The molecule has 1 aliphatic rings. The van der Waals surface area contributed by atoms with Gasteiger partial charge in [0.05, 0.1) is 12.7 Å². The van der Waals surface area contributed by atoms with Gasteiger partial charge < -0.3 is 4.74 Å². The van der Waals surface area contributed by atoms with Crippen LogP contribution in [0.1, 0.15) is 12.5 Å². The molecular weight excluding hydrogens is 273 g/mol. The first-order chi connectivity index (χ1) is 7.63. The van der Waals surface area contributed by atoms with Crippen LogP contribution in [0.3, 0.4) is 0 Å². The average Bonchev–Trinajstić information content (AvgIpc) is 2.15. The van der Waals surface area contributed by atoms with Crippen molar-refractivity contribution in [3.05, 3.63) is 34.1 Å². The van der Waals surface area contributed by atoms with E-state index in [0.29, 0.717) is 0 Å². The molecule has 2 nitrogen and oxygen atoms in total. The van der Waals surface area contributed by atoms with Crippen LogP contribution < -0.4 is 0 Å². The monoisotopic (exact) mass is 287 g/mol. The topological polar surface area (TPSA) is 12.5 Å². The highest BCUT2D eigenvalue weighted by Crippen LogP contribution is 2.17. The molecule has 2 rings (SSSR count). The van der Waals surface area contributed by atoms with Gasteiger partial charge in [-0.3, -0.25) is 4.90 Å². The van der Waals surface area contributed by atoms with Gasteiger partial charge in [-0.1, -0.05) is 15.9 Å². The predicted molar refractivity (Wildman–Crippen MR) is 64.8 cm³/mol. The number of nitrogens with zero attached hydrogens (tertiary/aromatic N) is 1. The van der Waals surface area contributed by atoms with Gasteiger partial charge in [0.25, 0.3) is 0 Å². The molecule has 0 radical (unpaired) electrons. The number of hydrogen-bond acceptors (Lipinski definition) is 2. The molecule has 0 saturated carbocycles. The molecule has 4 heteroatoms. The fraction of sp³-hybridized carbons (Fsp3) is 0.500. The minimum Gasteiger partial charge on any atom is -0.376 e. The van der Waals surface area contributed by atoms with Gasteiger partial charge in [0.2, 0.25) is 0 Å². The number of hydrogen-bond donors (Lipinski definition) is 0. The Morgan fingerprint density at radius 2 is 2.31 bits per heavy atom. The van der Waals surface area contributed by atoms with Crippen molar-refractivity contribution in [2.24, 2.45) is 0 Å². The number of rotatable bonds is 2. The smallest absolute Gasteiger partial charge is 0.124 e. The standard InChI is InChI=1S/C12H15BrFNO/c1-9-7-15(2-3-16-9)8-10-4-11(13)6-12(14)5-10/h4-6,9H,2-3,7-8H2,1H3. The zero-order valence-electron chi connectivity index (χ0n) is 9.25. The summed E-state index contributed by atoms with van der Waals surface area (Å²) in [6, 6.07) is 5.03. The maximum atomic E-state index is 13.2. The van der Waals surface area contributed by atoms with Gasteiger partial charge >= 0.3 is 0 Å². The van der Waals surface area contributed by atoms with E-state index in [9.17, 15) is 4.39 Å². The molecule has 1 aliphatic heterocycles. The van der Waals surface area contributed by atoms with Crippen molar-refractivity contribution in [2.75, 3.05) is 19.7 Å². The van der Waals surface area contributed by atoms with Crippen LogP contribution >= 0.6 is 15.9 Å². The Morgan fingerprint density at radius 3 is 3.00 bits per heavy atom. The van der Waals surface area contributed by atoms with Crippen LogP contribution in [0.5, 0.6) is 0 Å². The molecule has 1 fully saturated rings. The van der Waals surface area contributed by atoms with Gasteiger partial charge in [0, 0.05) is 24.1 Å². The summed E-state index contributed by atoms with van der Waals surface area (Å²) in [5.74, 6) is -0.189. The van der Waals surface area contributed by atoms with Gasteiger partial charge in [-0.05, 0) is 30.7 Å². The van der Waals surface area contributed by atoms with E-state index in [1.807, 2.05) is 6.07 Å². The molecule has 0 spiro atoms. The minimum absolute atomic E-state index is 0.189. The fourth-order valence-corrected chi connectivity index (χ4v) is 2.51. The Balaban J connectivity index is 2.02. The maximum Gasteiger partial charge on any atom is 0.124 e. The van der Waals surface area contributed by atoms with Crippen molar-refractivity contribution in [3.63, 3.8) is 0 Å². The molecular formula is C12H15BrFNO. The van der Waals surface area contributed by atoms with Crippen molar-refractivity contribution in [1.29, 1.82) is 0 Å². The number of benzene rings is 1. The summed E-state index contributed by atoms with van der Waals surface area (Å²) in [6.07, 6.45) is 0.269. The summed E-state index contributed by atoms with van der Waals surface area (Å²) < 4.78 is 19.4. The van der Waals surface area contributed by atoms with Crippen LogP contribution in [-0.4, -0.2) is 30.7 Å². The minimum atomic E-state index is -0.189. The molecule has 1 heterocycles. The molecule has 1 unspecified atom stereocenters. The number of morpholine rings is 1. The van der Waals surface area contributed by atoms with Crippen molar-refractivity contribution in [1.82, 2.24) is 4.90 Å². The van der Waals surface area contributed by atoms with Crippen LogP contribution in [0, 0.1) is 5.82 Å². The van der Waals surface area contributed by atoms with Crippen molar-refractivity contribution < 1.29 is 9.13 Å². The molecule has 1 atom stereocenters. The van der Waals surface area contributed by atoms with Crippen LogP contribution in [0.25, 0.3) is 0 Å². The zero-order chi connectivity index (χ0) is 11.5. The third-order valence-electron chi connectivity index (χ3n) is 2.65. The first kappa shape index (κ1) is 12.0. The normalized spacial score (nSPS) is 22.3. The largest absolute Gasteiger partial charge is 0.376 e. The van der Waals surface area contributed by atoms with E-state index in [1.54, 1.807) is 6.07 Å². The zero-order valence-corrected chi connectivity index (χ0v) is 10.8. The molecule has 0 bridgehead atoms. The Hall–Kier alpha value is -0.450. The molecule has 16 heavy (non-hydrogen) atoms. The second kappa shape index (κ2) is 5.25. The summed E-state index contributed by atoms with van der Waals surface area (Å²) >= 11 is 3.31. The molecule has 88 valence electrons. The van der Waals surface area contributed by atoms with E-state index in [-0.39, 0.29) is 11.9 Å². The second-order valence-electron chi connectivity index (χ2n) is 4.19. The molecule has 0 N–H and O–H groups in total. The molecule has 1 saturated heterocycles. The Morgan fingerprint density at radius 1 is 1.50 bits per heavy atom. The third kappa shape index (κ3) is 3.27. The Bertz CT molecular complexity index is 352. The molecule has 0 amide bonds. The third-order valence-corrected chi connectivity index (χ3v) is 3.11. The lowest BCUT2D eigenvalue weighted by molar-refractivity contribution is -0.0212. The van der Waals surface area contributed by atoms with Crippen molar-refractivity contribution in [2.45, 2.75) is 19.6 Å². The Labute approximate surface area is 104 Å². The van der Waals surface area contributed by atoms with Gasteiger partial charge in [-0.25, -0.2) is 4.39 Å². The lowest BCUT2D eigenvalue weighted by atomic mass is 10.2. The van der Waals surface area contributed by atoms with Crippen molar-refractivity contribution >= 4 is 15.9 Å². The first-order valence-electron chi connectivity index (χ1n) is 5.42. The van der Waals surface area contributed by atoms with Crippen molar-refractivity contribution in [3.8, 4) is 0 Å². The number of halogens is 2. The van der Waals surface area contributed by atoms with Crippen LogP contribution in [-0.2, 0) is 11.3 Å². The van der Waals surface area contributed by atoms with E-state index in [1.165, 1.54) is 6.07 Å². The maximum absolute atomic E-state index is 13.2. The van der Waals surface area contributed by atoms with Crippen LogP contribution in [0.2, 0.25) is 0 Å². The fourth-order valence-electron chi connectivity index (χ4n) is 1.99. The SMILES string of the molecule is CC1CN(Cc2cc(F)cc(Br)c2)CCO1. The Kier molecular flexibility index (Phi) is 3.95. The van der Waals surface area contributed by atoms with Gasteiger partial charge in [0.15, 0.2) is 0 Å². The quantitative estimate of drug-likeness (QED) is 0.829. The summed E-state index contributed by atoms with van der Waals surface area (Å²) in [5.41, 5.74) is 1.00. The summed E-state index contributed by atoms with van der Waals surface area (Å²) in [7, 11) is 0. The van der Waals surface area contributed by atoms with E-state index >= 15 is 0 Å². The molecule has 0 aliphatic carbocycles.